The van der Waals surface area contributed by atoms with E-state index in [-0.39, 0.29) is 5.82 Å². The lowest BCUT2D eigenvalue weighted by molar-refractivity contribution is -0.170. The summed E-state index contributed by atoms with van der Waals surface area (Å²) < 4.78 is 18.5. The van der Waals surface area contributed by atoms with Crippen LogP contribution in [0.4, 0.5) is 4.39 Å². The van der Waals surface area contributed by atoms with Gasteiger partial charge in [-0.3, -0.25) is 19.5 Å². The van der Waals surface area contributed by atoms with Crippen LogP contribution in [-0.2, 0) is 34.0 Å². The Labute approximate surface area is 240 Å². The third kappa shape index (κ3) is 9.64. The monoisotopic (exact) mass is 581 g/mol. The topological polar surface area (TPSA) is 171 Å². The van der Waals surface area contributed by atoms with E-state index in [1.54, 1.807) is 18.5 Å². The molecule has 4 aromatic rings. The number of hydrogen-bond acceptors (Lipinski definition) is 7. The highest BCUT2D eigenvalue weighted by Crippen LogP contribution is 2.18. The van der Waals surface area contributed by atoms with Gasteiger partial charge < -0.3 is 29.6 Å². The first-order chi connectivity index (χ1) is 20.1. The Morgan fingerprint density at radius 3 is 2.21 bits per heavy atom. The maximum Gasteiger partial charge on any atom is 0.336 e. The second-order valence-electron chi connectivity index (χ2n) is 9.51. The molecule has 0 aliphatic rings. The molecule has 0 atom stereocenters. The van der Waals surface area contributed by atoms with E-state index in [9.17, 15) is 18.8 Å². The highest BCUT2D eigenvalue weighted by molar-refractivity contribution is 5.88. The molecule has 42 heavy (non-hydrogen) atoms. The fourth-order valence-corrected chi connectivity index (χ4v) is 4.21. The lowest BCUT2D eigenvalue weighted by Gasteiger charge is -2.24. The fraction of sp³-hybridized carbons (Fsp3) is 0.276. The van der Waals surface area contributed by atoms with Crippen LogP contribution in [0.3, 0.4) is 0 Å². The Morgan fingerprint density at radius 2 is 1.62 bits per heavy atom. The molecule has 0 aliphatic heterocycles. The number of pyridine rings is 1. The molecule has 3 heterocycles. The van der Waals surface area contributed by atoms with Gasteiger partial charge >= 0.3 is 17.9 Å². The van der Waals surface area contributed by atoms with Gasteiger partial charge in [-0.15, -0.1) is 0 Å². The lowest BCUT2D eigenvalue weighted by atomic mass is 9.96. The zero-order valence-corrected chi connectivity index (χ0v) is 22.7. The van der Waals surface area contributed by atoms with Gasteiger partial charge in [-0.1, -0.05) is 18.2 Å². The number of halogens is 1. The van der Waals surface area contributed by atoms with Gasteiger partial charge in [0.25, 0.3) is 0 Å². The van der Waals surface area contributed by atoms with Crippen molar-refractivity contribution in [3.63, 3.8) is 0 Å². The van der Waals surface area contributed by atoms with E-state index in [1.807, 2.05) is 55.2 Å². The molecule has 1 aromatic carbocycles. The largest absolute Gasteiger partial charge is 0.481 e. The normalized spacial score (nSPS) is 11.1. The Bertz CT molecular complexity index is 1430. The smallest absolute Gasteiger partial charge is 0.336 e. The number of rotatable bonds is 14. The van der Waals surface area contributed by atoms with Gasteiger partial charge in [0.2, 0.25) is 0 Å². The van der Waals surface area contributed by atoms with Crippen molar-refractivity contribution in [3.8, 4) is 5.69 Å². The average Bonchev–Trinajstić information content (AvgIpc) is 3.62. The van der Waals surface area contributed by atoms with Crippen molar-refractivity contribution in [2.75, 3.05) is 6.54 Å². The third-order valence-corrected chi connectivity index (χ3v) is 6.23. The predicted octanol–water partition coefficient (Wildman–Crippen LogP) is 3.05. The maximum atomic E-state index is 14.3. The highest BCUT2D eigenvalue weighted by Gasteiger charge is 2.40. The molecular weight excluding hydrogens is 549 g/mol. The molecule has 222 valence electrons. The second-order valence-corrected chi connectivity index (χ2v) is 9.51. The number of hydrogen-bond donors (Lipinski definition) is 4. The van der Waals surface area contributed by atoms with Crippen LogP contribution in [-0.4, -0.2) is 74.5 Å². The molecule has 0 saturated heterocycles. The number of carboxylic acid groups (broad SMARTS) is 3. The molecule has 0 unspecified atom stereocenters. The van der Waals surface area contributed by atoms with E-state index in [4.69, 9.17) is 20.4 Å². The summed E-state index contributed by atoms with van der Waals surface area (Å²) in [5.74, 6) is -5.18. The number of carboxylic acids is 3. The number of carbonyl (C=O) groups is 3. The molecule has 13 heteroatoms. The van der Waals surface area contributed by atoms with Crippen LogP contribution in [0.2, 0.25) is 0 Å². The number of imidazole rings is 1. The summed E-state index contributed by atoms with van der Waals surface area (Å²) >= 11 is 0. The van der Waals surface area contributed by atoms with Crippen molar-refractivity contribution in [3.05, 3.63) is 103 Å². The Balaban J connectivity index is 0.000000316. The van der Waals surface area contributed by atoms with Gasteiger partial charge in [0, 0.05) is 62.2 Å². The van der Waals surface area contributed by atoms with Crippen molar-refractivity contribution in [1.82, 2.24) is 24.0 Å². The lowest BCUT2D eigenvalue weighted by Crippen LogP contribution is -2.42. The van der Waals surface area contributed by atoms with Gasteiger partial charge in [-0.05, 0) is 36.8 Å². The van der Waals surface area contributed by atoms with Gasteiger partial charge in [-0.25, -0.2) is 14.2 Å². The van der Waals surface area contributed by atoms with E-state index in [0.717, 1.165) is 43.0 Å². The van der Waals surface area contributed by atoms with Crippen LogP contribution in [0.5, 0.6) is 0 Å². The predicted molar refractivity (Wildman–Crippen MR) is 148 cm³/mol. The summed E-state index contributed by atoms with van der Waals surface area (Å²) in [5, 5.41) is 33.8. The number of aliphatic hydroxyl groups is 1. The summed E-state index contributed by atoms with van der Waals surface area (Å²) in [4.78, 5) is 41.1. The number of benzene rings is 1. The Kier molecular flexibility index (Phi) is 11.5. The van der Waals surface area contributed by atoms with Gasteiger partial charge in [0.1, 0.15) is 5.82 Å². The summed E-state index contributed by atoms with van der Waals surface area (Å²) in [6.45, 7) is 3.02. The average molecular weight is 582 g/mol. The standard InChI is InChI=1S/C23H24FN5.C6H8O7/c24-23-9-2-1-6-20(23)17-28(13-5-12-27-15-11-26-19-27)18-22-8-4-14-29(22)21-7-3-10-25-16-21;7-3(8)1-6(13,5(11)12)2-4(9)10/h1-4,6-11,14-16,19H,5,12-13,17-18H2;13H,1-2H2,(H,7,8)(H,9,10)(H,11,12). The Morgan fingerprint density at radius 1 is 0.881 bits per heavy atom. The summed E-state index contributed by atoms with van der Waals surface area (Å²) in [6, 6.07) is 15.1. The molecule has 0 saturated carbocycles. The quantitative estimate of drug-likeness (QED) is 0.173. The summed E-state index contributed by atoms with van der Waals surface area (Å²) in [7, 11) is 0. The van der Waals surface area contributed by atoms with E-state index >= 15 is 0 Å². The molecule has 0 fully saturated rings. The number of aliphatic carboxylic acids is 3. The minimum Gasteiger partial charge on any atom is -0.481 e. The van der Waals surface area contributed by atoms with E-state index in [0.29, 0.717) is 6.54 Å². The van der Waals surface area contributed by atoms with Crippen LogP contribution in [0.25, 0.3) is 5.69 Å². The van der Waals surface area contributed by atoms with Crippen molar-refractivity contribution in [1.29, 1.82) is 0 Å². The van der Waals surface area contributed by atoms with Crippen LogP contribution >= 0.6 is 0 Å². The van der Waals surface area contributed by atoms with Crippen LogP contribution in [0, 0.1) is 5.82 Å². The van der Waals surface area contributed by atoms with Crippen LogP contribution < -0.4 is 0 Å². The molecule has 12 nitrogen and oxygen atoms in total. The zero-order valence-electron chi connectivity index (χ0n) is 22.7. The molecule has 0 radical (unpaired) electrons. The van der Waals surface area contributed by atoms with Crippen molar-refractivity contribution in [2.45, 2.75) is 44.5 Å². The first-order valence-electron chi connectivity index (χ1n) is 12.9. The molecule has 3 aromatic heterocycles. The van der Waals surface area contributed by atoms with Crippen LogP contribution in [0.15, 0.2) is 85.8 Å². The zero-order chi connectivity index (χ0) is 30.5. The van der Waals surface area contributed by atoms with Crippen LogP contribution in [0.1, 0.15) is 30.5 Å². The minimum atomic E-state index is -2.74. The molecule has 0 spiro atoms. The number of aryl methyl sites for hydroxylation is 1. The SMILES string of the molecule is Fc1ccccc1CN(CCCn1ccnc1)Cc1cccn1-c1cccnc1.O=C(O)CC(O)(CC(=O)O)C(=O)O. The van der Waals surface area contributed by atoms with Crippen molar-refractivity contribution < 1.29 is 39.2 Å². The fourth-order valence-electron chi connectivity index (χ4n) is 4.21. The maximum absolute atomic E-state index is 14.3. The number of nitrogens with zero attached hydrogens (tertiary/aromatic N) is 5. The van der Waals surface area contributed by atoms with E-state index in [2.05, 4.69) is 30.1 Å². The second kappa shape index (κ2) is 15.2. The minimum absolute atomic E-state index is 0.158. The number of aromatic nitrogens is 4. The van der Waals surface area contributed by atoms with E-state index in [1.165, 1.54) is 6.07 Å². The molecular formula is C29H32FN5O7. The van der Waals surface area contributed by atoms with Gasteiger partial charge in [0.05, 0.1) is 31.1 Å². The first kappa shape index (κ1) is 31.6. The molecule has 4 N–H and O–H groups in total. The third-order valence-electron chi connectivity index (χ3n) is 6.23. The summed E-state index contributed by atoms with van der Waals surface area (Å²) in [5.41, 5.74) is 0.154. The van der Waals surface area contributed by atoms with Crippen molar-refractivity contribution in [2.24, 2.45) is 0 Å². The van der Waals surface area contributed by atoms with E-state index < -0.39 is 36.4 Å². The first-order valence-corrected chi connectivity index (χ1v) is 12.9. The summed E-state index contributed by atoms with van der Waals surface area (Å²) in [6.07, 6.45) is 9.92. The van der Waals surface area contributed by atoms with Crippen molar-refractivity contribution >= 4 is 17.9 Å². The Hall–Kier alpha value is -4.88. The molecule has 0 bridgehead atoms. The van der Waals surface area contributed by atoms with Gasteiger partial charge in [0.15, 0.2) is 5.60 Å². The highest BCUT2D eigenvalue weighted by atomic mass is 19.1. The molecule has 0 aliphatic carbocycles. The molecule has 0 amide bonds. The molecule has 4 rings (SSSR count). The van der Waals surface area contributed by atoms with Gasteiger partial charge in [-0.2, -0.15) is 0 Å².